The number of primary amides is 1. The highest BCUT2D eigenvalue weighted by Gasteiger charge is 2.12. The van der Waals surface area contributed by atoms with Crippen LogP contribution in [0.5, 0.6) is 0 Å². The molecular formula is C8H16N4O. The summed E-state index contributed by atoms with van der Waals surface area (Å²) in [6.07, 6.45) is 1.91. The fraction of sp³-hybridized carbons (Fsp3) is 0.750. The number of amides is 2. The molecule has 0 aliphatic carbocycles. The van der Waals surface area contributed by atoms with Gasteiger partial charge in [0.15, 0.2) is 0 Å². The predicted molar refractivity (Wildman–Crippen MR) is 51.7 cm³/mol. The standard InChI is InChI=1S/C8H16N4O/c1-6-11-5-7(12-6)3-2-4-10-8(9)13/h7H,2-5H2,1H3,(H,11,12)(H3,9,10,13). The Hall–Kier alpha value is -1.26. The third-order valence-electron chi connectivity index (χ3n) is 1.98. The number of amidine groups is 1. The zero-order chi connectivity index (χ0) is 9.68. The van der Waals surface area contributed by atoms with Crippen LogP contribution in [-0.4, -0.2) is 31.0 Å². The molecular weight excluding hydrogens is 168 g/mol. The zero-order valence-corrected chi connectivity index (χ0v) is 7.84. The fourth-order valence-electron chi connectivity index (χ4n) is 1.35. The monoisotopic (exact) mass is 184 g/mol. The second kappa shape index (κ2) is 4.69. The van der Waals surface area contributed by atoms with E-state index in [2.05, 4.69) is 15.6 Å². The highest BCUT2D eigenvalue weighted by molar-refractivity contribution is 5.81. The molecule has 0 saturated heterocycles. The van der Waals surface area contributed by atoms with E-state index in [0.29, 0.717) is 12.6 Å². The van der Waals surface area contributed by atoms with Crippen molar-refractivity contribution in [2.45, 2.75) is 25.8 Å². The van der Waals surface area contributed by atoms with Crippen molar-refractivity contribution in [1.29, 1.82) is 0 Å². The number of hydrogen-bond donors (Lipinski definition) is 3. The van der Waals surface area contributed by atoms with E-state index in [1.807, 2.05) is 6.92 Å². The van der Waals surface area contributed by atoms with E-state index < -0.39 is 6.03 Å². The Morgan fingerprint density at radius 2 is 2.62 bits per heavy atom. The Labute approximate surface area is 77.8 Å². The summed E-state index contributed by atoms with van der Waals surface area (Å²) >= 11 is 0. The summed E-state index contributed by atoms with van der Waals surface area (Å²) < 4.78 is 0. The average Bonchev–Trinajstić information content (AvgIpc) is 2.45. The van der Waals surface area contributed by atoms with Crippen molar-refractivity contribution >= 4 is 11.9 Å². The van der Waals surface area contributed by atoms with E-state index in [9.17, 15) is 4.79 Å². The molecule has 74 valence electrons. The minimum absolute atomic E-state index is 0.370. The van der Waals surface area contributed by atoms with Gasteiger partial charge in [-0.05, 0) is 19.8 Å². The summed E-state index contributed by atoms with van der Waals surface area (Å²) in [4.78, 5) is 14.7. The van der Waals surface area contributed by atoms with Gasteiger partial charge in [0.05, 0.1) is 11.9 Å². The number of carbonyl (C=O) groups excluding carboxylic acids is 1. The van der Waals surface area contributed by atoms with Crippen LogP contribution in [0.1, 0.15) is 19.8 Å². The number of hydrogen-bond acceptors (Lipinski definition) is 3. The molecule has 5 heteroatoms. The molecule has 5 nitrogen and oxygen atoms in total. The molecule has 0 fully saturated rings. The fourth-order valence-corrected chi connectivity index (χ4v) is 1.35. The van der Waals surface area contributed by atoms with Crippen LogP contribution in [0.3, 0.4) is 0 Å². The third-order valence-corrected chi connectivity index (χ3v) is 1.98. The van der Waals surface area contributed by atoms with Crippen molar-refractivity contribution in [3.63, 3.8) is 0 Å². The summed E-state index contributed by atoms with van der Waals surface area (Å²) in [7, 11) is 0. The van der Waals surface area contributed by atoms with E-state index in [4.69, 9.17) is 5.73 Å². The first-order chi connectivity index (χ1) is 6.18. The van der Waals surface area contributed by atoms with Gasteiger partial charge in [-0.1, -0.05) is 0 Å². The Kier molecular flexibility index (Phi) is 3.54. The second-order valence-corrected chi connectivity index (χ2v) is 3.18. The number of carbonyl (C=O) groups is 1. The van der Waals surface area contributed by atoms with Crippen molar-refractivity contribution < 1.29 is 4.79 Å². The average molecular weight is 184 g/mol. The van der Waals surface area contributed by atoms with Crippen LogP contribution < -0.4 is 16.4 Å². The topological polar surface area (TPSA) is 79.5 Å². The predicted octanol–water partition coefficient (Wildman–Crippen LogP) is -0.175. The van der Waals surface area contributed by atoms with Crippen molar-refractivity contribution in [3.05, 3.63) is 0 Å². The Bertz CT molecular complexity index is 214. The highest BCUT2D eigenvalue weighted by atomic mass is 16.2. The van der Waals surface area contributed by atoms with Crippen LogP contribution in [0.25, 0.3) is 0 Å². The Morgan fingerprint density at radius 3 is 3.15 bits per heavy atom. The normalized spacial score (nSPS) is 20.7. The van der Waals surface area contributed by atoms with Crippen LogP contribution in [-0.2, 0) is 0 Å². The van der Waals surface area contributed by atoms with E-state index >= 15 is 0 Å². The minimum Gasteiger partial charge on any atom is -0.372 e. The molecule has 0 radical (unpaired) electrons. The molecule has 0 aromatic rings. The van der Waals surface area contributed by atoms with Crippen LogP contribution >= 0.6 is 0 Å². The van der Waals surface area contributed by atoms with Crippen molar-refractivity contribution in [2.24, 2.45) is 10.7 Å². The largest absolute Gasteiger partial charge is 0.372 e. The van der Waals surface area contributed by atoms with E-state index in [1.54, 1.807) is 0 Å². The summed E-state index contributed by atoms with van der Waals surface area (Å²) in [6.45, 7) is 3.52. The number of nitrogens with one attached hydrogen (secondary N) is 2. The number of rotatable bonds is 4. The maximum atomic E-state index is 10.3. The molecule has 1 atom stereocenters. The first-order valence-corrected chi connectivity index (χ1v) is 4.50. The van der Waals surface area contributed by atoms with Gasteiger partial charge in [0.25, 0.3) is 0 Å². The number of nitrogens with two attached hydrogens (primary N) is 1. The zero-order valence-electron chi connectivity index (χ0n) is 7.84. The van der Waals surface area contributed by atoms with Gasteiger partial charge in [-0.25, -0.2) is 4.79 Å². The van der Waals surface area contributed by atoms with Crippen LogP contribution in [0, 0.1) is 0 Å². The van der Waals surface area contributed by atoms with E-state index in [0.717, 1.165) is 25.2 Å². The molecule has 1 heterocycles. The van der Waals surface area contributed by atoms with E-state index in [1.165, 1.54) is 0 Å². The molecule has 0 spiro atoms. The maximum Gasteiger partial charge on any atom is 0.312 e. The van der Waals surface area contributed by atoms with Crippen molar-refractivity contribution in [1.82, 2.24) is 10.6 Å². The van der Waals surface area contributed by atoms with Crippen LogP contribution in [0.15, 0.2) is 4.99 Å². The molecule has 1 unspecified atom stereocenters. The van der Waals surface area contributed by atoms with E-state index in [-0.39, 0.29) is 0 Å². The smallest absolute Gasteiger partial charge is 0.312 e. The number of nitrogens with zero attached hydrogens (tertiary/aromatic N) is 1. The van der Waals surface area contributed by atoms with Gasteiger partial charge in [0.1, 0.15) is 0 Å². The summed E-state index contributed by atoms with van der Waals surface area (Å²) in [5, 5.41) is 5.71. The molecule has 2 amide bonds. The molecule has 1 aliphatic rings. The lowest BCUT2D eigenvalue weighted by atomic mass is 10.2. The first kappa shape index (κ1) is 9.83. The first-order valence-electron chi connectivity index (χ1n) is 4.50. The van der Waals surface area contributed by atoms with Crippen LogP contribution in [0.2, 0.25) is 0 Å². The van der Waals surface area contributed by atoms with Gasteiger partial charge in [-0.2, -0.15) is 0 Å². The summed E-state index contributed by atoms with van der Waals surface area (Å²) in [6, 6.07) is -0.0843. The van der Waals surface area contributed by atoms with Gasteiger partial charge in [-0.3, -0.25) is 4.99 Å². The molecule has 1 rings (SSSR count). The van der Waals surface area contributed by atoms with Gasteiger partial charge in [0.2, 0.25) is 0 Å². The summed E-state index contributed by atoms with van der Waals surface area (Å²) in [5.74, 6) is 1.01. The SMILES string of the molecule is CC1=NC(CCCNC(N)=O)CN1. The van der Waals surface area contributed by atoms with Gasteiger partial charge in [0, 0.05) is 13.1 Å². The second-order valence-electron chi connectivity index (χ2n) is 3.18. The third kappa shape index (κ3) is 3.78. The summed E-state index contributed by atoms with van der Waals surface area (Å²) in [5.41, 5.74) is 4.92. The lowest BCUT2D eigenvalue weighted by Gasteiger charge is -2.05. The lowest BCUT2D eigenvalue weighted by molar-refractivity contribution is 0.248. The highest BCUT2D eigenvalue weighted by Crippen LogP contribution is 2.05. The minimum atomic E-state index is -0.454. The molecule has 0 saturated carbocycles. The quantitative estimate of drug-likeness (QED) is 0.530. The molecule has 0 aromatic carbocycles. The Morgan fingerprint density at radius 1 is 1.85 bits per heavy atom. The number of aliphatic imine (C=N–C) groups is 1. The van der Waals surface area contributed by atoms with Crippen LogP contribution in [0.4, 0.5) is 4.79 Å². The van der Waals surface area contributed by atoms with Gasteiger partial charge in [-0.15, -0.1) is 0 Å². The Balaban J connectivity index is 2.03. The van der Waals surface area contributed by atoms with Gasteiger partial charge < -0.3 is 16.4 Å². The van der Waals surface area contributed by atoms with Gasteiger partial charge >= 0.3 is 6.03 Å². The molecule has 1 aliphatic heterocycles. The number of urea groups is 1. The molecule has 13 heavy (non-hydrogen) atoms. The lowest BCUT2D eigenvalue weighted by Crippen LogP contribution is -2.30. The molecule has 0 aromatic heterocycles. The van der Waals surface area contributed by atoms with Crippen molar-refractivity contribution in [3.8, 4) is 0 Å². The maximum absolute atomic E-state index is 10.3. The van der Waals surface area contributed by atoms with Crippen molar-refractivity contribution in [2.75, 3.05) is 13.1 Å². The molecule has 4 N–H and O–H groups in total. The molecule has 0 bridgehead atoms.